The maximum absolute atomic E-state index is 12.2. The molecule has 5 nitrogen and oxygen atoms in total. The fourth-order valence-electron chi connectivity index (χ4n) is 2.20. The van der Waals surface area contributed by atoms with Crippen LogP contribution < -0.4 is 5.73 Å². The van der Waals surface area contributed by atoms with E-state index in [2.05, 4.69) is 12.0 Å². The topological polar surface area (TPSA) is 70.1 Å². The molecule has 0 radical (unpaired) electrons. The number of anilines is 1. The van der Waals surface area contributed by atoms with E-state index in [9.17, 15) is 4.79 Å². The van der Waals surface area contributed by atoms with Crippen molar-refractivity contribution in [1.29, 1.82) is 0 Å². The minimum absolute atomic E-state index is 0.0840. The van der Waals surface area contributed by atoms with Crippen molar-refractivity contribution in [3.8, 4) is 0 Å². The first kappa shape index (κ1) is 16.5. The predicted molar refractivity (Wildman–Crippen MR) is 80.7 cm³/mol. The molecule has 1 heterocycles. The summed E-state index contributed by atoms with van der Waals surface area (Å²) in [5, 5.41) is 4.23. The zero-order chi connectivity index (χ0) is 15.1. The number of nitrogens with two attached hydrogens (primary N) is 1. The molecule has 0 fully saturated rings. The van der Waals surface area contributed by atoms with Crippen LogP contribution in [0.1, 0.15) is 69.1 Å². The van der Waals surface area contributed by atoms with Gasteiger partial charge in [-0.05, 0) is 33.6 Å². The molecular formula is C15H27N3O2. The Balaban J connectivity index is 2.58. The zero-order valence-corrected chi connectivity index (χ0v) is 13.1. The van der Waals surface area contributed by atoms with Crippen molar-refractivity contribution in [2.45, 2.75) is 72.4 Å². The molecule has 1 rings (SSSR count). The molecule has 0 amide bonds. The van der Waals surface area contributed by atoms with Gasteiger partial charge in [0.15, 0.2) is 5.69 Å². The van der Waals surface area contributed by atoms with Crippen molar-refractivity contribution in [2.75, 3.05) is 5.73 Å². The fraction of sp³-hybridized carbons (Fsp3) is 0.733. The Labute approximate surface area is 121 Å². The van der Waals surface area contributed by atoms with Gasteiger partial charge in [0.25, 0.3) is 0 Å². The Hall–Kier alpha value is -1.52. The molecule has 0 saturated carbocycles. The first-order chi connectivity index (χ1) is 9.51. The Morgan fingerprint density at radius 2 is 2.05 bits per heavy atom. The SMILES string of the molecule is CCCCCCC(C)OC(=O)c1c(N)c(C)nn1CC. The maximum Gasteiger partial charge on any atom is 0.359 e. The quantitative estimate of drug-likeness (QED) is 0.586. The van der Waals surface area contributed by atoms with Gasteiger partial charge in [-0.3, -0.25) is 4.68 Å². The number of hydrogen-bond donors (Lipinski definition) is 1. The van der Waals surface area contributed by atoms with Crippen LogP contribution in [-0.4, -0.2) is 21.9 Å². The van der Waals surface area contributed by atoms with Crippen molar-refractivity contribution in [3.05, 3.63) is 11.4 Å². The lowest BCUT2D eigenvalue weighted by Crippen LogP contribution is -2.19. The van der Waals surface area contributed by atoms with E-state index in [1.165, 1.54) is 19.3 Å². The highest BCUT2D eigenvalue weighted by Gasteiger charge is 2.22. The van der Waals surface area contributed by atoms with Crippen LogP contribution in [-0.2, 0) is 11.3 Å². The second kappa shape index (κ2) is 7.92. The summed E-state index contributed by atoms with van der Waals surface area (Å²) >= 11 is 0. The third-order valence-electron chi connectivity index (χ3n) is 3.44. The molecule has 0 aliphatic heterocycles. The molecule has 0 aliphatic carbocycles. The van der Waals surface area contributed by atoms with Crippen molar-refractivity contribution >= 4 is 11.7 Å². The Morgan fingerprint density at radius 1 is 1.35 bits per heavy atom. The highest BCUT2D eigenvalue weighted by atomic mass is 16.5. The van der Waals surface area contributed by atoms with Gasteiger partial charge in [-0.15, -0.1) is 0 Å². The van der Waals surface area contributed by atoms with Crippen LogP contribution in [0.4, 0.5) is 5.69 Å². The summed E-state index contributed by atoms with van der Waals surface area (Å²) < 4.78 is 7.08. The summed E-state index contributed by atoms with van der Waals surface area (Å²) in [6.45, 7) is 8.44. The molecule has 0 spiro atoms. The molecule has 1 atom stereocenters. The first-order valence-electron chi connectivity index (χ1n) is 7.55. The van der Waals surface area contributed by atoms with E-state index in [1.54, 1.807) is 11.6 Å². The molecule has 5 heteroatoms. The maximum atomic E-state index is 12.2. The third kappa shape index (κ3) is 4.25. The summed E-state index contributed by atoms with van der Waals surface area (Å²) in [7, 11) is 0. The predicted octanol–water partition coefficient (Wildman–Crippen LogP) is 3.31. The van der Waals surface area contributed by atoms with Crippen LogP contribution in [0, 0.1) is 6.92 Å². The lowest BCUT2D eigenvalue weighted by Gasteiger charge is -2.14. The average Bonchev–Trinajstić information content (AvgIpc) is 2.70. The van der Waals surface area contributed by atoms with E-state index in [4.69, 9.17) is 10.5 Å². The summed E-state index contributed by atoms with van der Waals surface area (Å²) in [5.74, 6) is -0.368. The average molecular weight is 281 g/mol. The third-order valence-corrected chi connectivity index (χ3v) is 3.44. The molecule has 0 aromatic carbocycles. The first-order valence-corrected chi connectivity index (χ1v) is 7.55. The number of aromatic nitrogens is 2. The number of rotatable bonds is 8. The number of unbranched alkanes of at least 4 members (excludes halogenated alkanes) is 3. The minimum Gasteiger partial charge on any atom is -0.458 e. The molecule has 1 aromatic rings. The molecule has 0 saturated heterocycles. The van der Waals surface area contributed by atoms with Gasteiger partial charge in [0, 0.05) is 6.54 Å². The number of esters is 1. The fourth-order valence-corrected chi connectivity index (χ4v) is 2.20. The molecule has 0 aliphatic rings. The number of nitrogens with zero attached hydrogens (tertiary/aromatic N) is 2. The van der Waals surface area contributed by atoms with Gasteiger partial charge >= 0.3 is 5.97 Å². The van der Waals surface area contributed by atoms with Crippen molar-refractivity contribution < 1.29 is 9.53 Å². The Bertz CT molecular complexity index is 441. The van der Waals surface area contributed by atoms with Crippen LogP contribution in [0.15, 0.2) is 0 Å². The van der Waals surface area contributed by atoms with E-state index in [1.807, 2.05) is 13.8 Å². The van der Waals surface area contributed by atoms with Crippen molar-refractivity contribution in [2.24, 2.45) is 0 Å². The van der Waals surface area contributed by atoms with E-state index >= 15 is 0 Å². The summed E-state index contributed by atoms with van der Waals surface area (Å²) in [4.78, 5) is 12.2. The van der Waals surface area contributed by atoms with Gasteiger partial charge < -0.3 is 10.5 Å². The van der Waals surface area contributed by atoms with Gasteiger partial charge in [0.1, 0.15) is 0 Å². The number of carbonyl (C=O) groups excluding carboxylic acids is 1. The monoisotopic (exact) mass is 281 g/mol. The highest BCUT2D eigenvalue weighted by Crippen LogP contribution is 2.19. The van der Waals surface area contributed by atoms with Gasteiger partial charge in [0.05, 0.1) is 17.5 Å². The number of nitrogen functional groups attached to an aromatic ring is 1. The van der Waals surface area contributed by atoms with Crippen molar-refractivity contribution in [3.63, 3.8) is 0 Å². The molecule has 20 heavy (non-hydrogen) atoms. The lowest BCUT2D eigenvalue weighted by atomic mass is 10.1. The largest absolute Gasteiger partial charge is 0.458 e. The number of aryl methyl sites for hydroxylation is 2. The molecule has 114 valence electrons. The van der Waals surface area contributed by atoms with Crippen LogP contribution >= 0.6 is 0 Å². The standard InChI is InChI=1S/C15H27N3O2/c1-5-7-8-9-10-11(3)20-15(19)14-13(16)12(4)17-18(14)6-2/h11H,5-10,16H2,1-4H3. The molecular weight excluding hydrogens is 254 g/mol. The summed E-state index contributed by atoms with van der Waals surface area (Å²) in [6.07, 6.45) is 5.52. The van der Waals surface area contributed by atoms with E-state index in [-0.39, 0.29) is 12.1 Å². The molecule has 2 N–H and O–H groups in total. The summed E-state index contributed by atoms with van der Waals surface area (Å²) in [6, 6.07) is 0. The second-order valence-corrected chi connectivity index (χ2v) is 5.23. The molecule has 0 bridgehead atoms. The Morgan fingerprint density at radius 3 is 2.65 bits per heavy atom. The Kier molecular flexibility index (Phi) is 6.55. The van der Waals surface area contributed by atoms with Crippen LogP contribution in [0.5, 0.6) is 0 Å². The zero-order valence-electron chi connectivity index (χ0n) is 13.1. The van der Waals surface area contributed by atoms with Crippen LogP contribution in [0.25, 0.3) is 0 Å². The van der Waals surface area contributed by atoms with E-state index < -0.39 is 0 Å². The number of ether oxygens (including phenoxy) is 1. The lowest BCUT2D eigenvalue weighted by molar-refractivity contribution is 0.0306. The molecule has 1 aromatic heterocycles. The number of hydrogen-bond acceptors (Lipinski definition) is 4. The van der Waals surface area contributed by atoms with Gasteiger partial charge in [0.2, 0.25) is 0 Å². The van der Waals surface area contributed by atoms with Gasteiger partial charge in [-0.2, -0.15) is 5.10 Å². The minimum atomic E-state index is -0.368. The second-order valence-electron chi connectivity index (χ2n) is 5.23. The van der Waals surface area contributed by atoms with Gasteiger partial charge in [-0.1, -0.05) is 26.2 Å². The summed E-state index contributed by atoms with van der Waals surface area (Å²) in [5.41, 5.74) is 7.39. The van der Waals surface area contributed by atoms with E-state index in [0.717, 1.165) is 12.8 Å². The van der Waals surface area contributed by atoms with Crippen LogP contribution in [0.3, 0.4) is 0 Å². The normalized spacial score (nSPS) is 12.4. The molecule has 1 unspecified atom stereocenters. The van der Waals surface area contributed by atoms with Crippen molar-refractivity contribution in [1.82, 2.24) is 9.78 Å². The van der Waals surface area contributed by atoms with Crippen LogP contribution in [0.2, 0.25) is 0 Å². The van der Waals surface area contributed by atoms with E-state index in [0.29, 0.717) is 23.6 Å². The smallest absolute Gasteiger partial charge is 0.359 e. The van der Waals surface area contributed by atoms with Gasteiger partial charge in [-0.25, -0.2) is 4.79 Å². The number of carbonyl (C=O) groups is 1. The highest BCUT2D eigenvalue weighted by molar-refractivity contribution is 5.93.